The molecule has 2 fully saturated rings. The van der Waals surface area contributed by atoms with Gasteiger partial charge in [-0.3, -0.25) is 9.78 Å². The maximum atomic E-state index is 14.4. The molecule has 0 bridgehead atoms. The first-order valence-corrected chi connectivity index (χ1v) is 14.4. The first-order valence-electron chi connectivity index (χ1n) is 14.4. The van der Waals surface area contributed by atoms with E-state index in [0.29, 0.717) is 34.6 Å². The highest BCUT2D eigenvalue weighted by Crippen LogP contribution is 2.37. The molecule has 218 valence electrons. The summed E-state index contributed by atoms with van der Waals surface area (Å²) in [6, 6.07) is 10.0. The third kappa shape index (κ3) is 5.83. The van der Waals surface area contributed by atoms with Crippen LogP contribution in [-0.4, -0.2) is 65.0 Å². The number of pyridine rings is 1. The van der Waals surface area contributed by atoms with E-state index in [1.807, 2.05) is 22.9 Å². The summed E-state index contributed by atoms with van der Waals surface area (Å²) in [4.78, 5) is 17.8. The minimum Gasteiger partial charge on any atom is -0.387 e. The largest absolute Gasteiger partial charge is 0.387 e. The molecule has 4 aromatic heterocycles. The molecule has 6 rings (SSSR count). The van der Waals surface area contributed by atoms with Crippen LogP contribution in [0.25, 0.3) is 16.9 Å². The number of fused-ring (bicyclic) bond motifs is 1. The van der Waals surface area contributed by atoms with Crippen LogP contribution in [0.15, 0.2) is 42.9 Å². The number of nitriles is 1. The van der Waals surface area contributed by atoms with Gasteiger partial charge in [0.25, 0.3) is 5.91 Å². The summed E-state index contributed by atoms with van der Waals surface area (Å²) in [7, 11) is 0. The van der Waals surface area contributed by atoms with Crippen molar-refractivity contribution in [2.45, 2.75) is 82.1 Å². The molecule has 11 nitrogen and oxygen atoms in total. The zero-order valence-corrected chi connectivity index (χ0v) is 23.7. The normalized spacial score (nSPS) is 19.8. The number of carbonyl (C=O) groups excluding carboxylic acids is 1. The van der Waals surface area contributed by atoms with Gasteiger partial charge in [0.15, 0.2) is 0 Å². The van der Waals surface area contributed by atoms with E-state index in [-0.39, 0.29) is 18.2 Å². The third-order valence-electron chi connectivity index (χ3n) is 8.20. The lowest BCUT2D eigenvalue weighted by atomic mass is 9.84. The number of hydrogen-bond acceptors (Lipinski definition) is 8. The number of rotatable bonds is 9. The fourth-order valence-corrected chi connectivity index (χ4v) is 5.43. The molecule has 2 aliphatic carbocycles. The molecule has 12 heteroatoms. The fourth-order valence-electron chi connectivity index (χ4n) is 5.43. The van der Waals surface area contributed by atoms with Gasteiger partial charge in [0, 0.05) is 24.4 Å². The van der Waals surface area contributed by atoms with Crippen molar-refractivity contribution in [3.8, 4) is 17.5 Å². The zero-order valence-electron chi connectivity index (χ0n) is 23.7. The molecule has 4 heterocycles. The Morgan fingerprint density at radius 2 is 1.98 bits per heavy atom. The lowest BCUT2D eigenvalue weighted by Gasteiger charge is -2.29. The monoisotopic (exact) mass is 571 g/mol. The Morgan fingerprint density at radius 1 is 1.19 bits per heavy atom. The van der Waals surface area contributed by atoms with Crippen LogP contribution in [0.1, 0.15) is 85.9 Å². The lowest BCUT2D eigenvalue weighted by Crippen LogP contribution is -2.42. The minimum absolute atomic E-state index is 0.118. The number of anilines is 1. The van der Waals surface area contributed by atoms with Gasteiger partial charge >= 0.3 is 0 Å². The van der Waals surface area contributed by atoms with Gasteiger partial charge in [0.2, 0.25) is 0 Å². The quantitative estimate of drug-likeness (QED) is 0.271. The van der Waals surface area contributed by atoms with E-state index < -0.39 is 17.7 Å². The topological polar surface area (TPSA) is 146 Å². The average molecular weight is 572 g/mol. The number of hydrogen-bond donors (Lipinski definition) is 3. The molecule has 0 aliphatic heterocycles. The predicted molar refractivity (Wildman–Crippen MR) is 154 cm³/mol. The van der Waals surface area contributed by atoms with Gasteiger partial charge in [0.1, 0.15) is 12.2 Å². The molecule has 1 amide bonds. The Balaban J connectivity index is 1.23. The number of halogens is 1. The van der Waals surface area contributed by atoms with Crippen molar-refractivity contribution in [3.05, 3.63) is 59.7 Å². The number of nitrogens with one attached hydrogen (secondary N) is 2. The maximum absolute atomic E-state index is 14.4. The summed E-state index contributed by atoms with van der Waals surface area (Å²) >= 11 is 0. The van der Waals surface area contributed by atoms with Crippen LogP contribution in [0.3, 0.4) is 0 Å². The molecule has 1 atom stereocenters. The van der Waals surface area contributed by atoms with Gasteiger partial charge in [0.05, 0.1) is 63.8 Å². The van der Waals surface area contributed by atoms with E-state index in [1.54, 1.807) is 10.6 Å². The molecule has 3 N–H and O–H groups in total. The van der Waals surface area contributed by atoms with Gasteiger partial charge in [-0.15, -0.1) is 5.10 Å². The zero-order chi connectivity index (χ0) is 29.4. The summed E-state index contributed by atoms with van der Waals surface area (Å²) in [6.45, 7) is 2.40. The first-order chi connectivity index (χ1) is 20.2. The molecule has 0 aromatic carbocycles. The molecular formula is C30H34FN9O2. The lowest BCUT2D eigenvalue weighted by molar-refractivity contribution is -0.00177. The van der Waals surface area contributed by atoms with E-state index in [0.717, 1.165) is 36.9 Å². The van der Waals surface area contributed by atoms with Crippen LogP contribution >= 0.6 is 0 Å². The van der Waals surface area contributed by atoms with Crippen LogP contribution in [-0.2, 0) is 0 Å². The van der Waals surface area contributed by atoms with E-state index in [1.165, 1.54) is 39.1 Å². The fraction of sp³-hybridized carbons (Fsp3) is 0.467. The van der Waals surface area contributed by atoms with Crippen LogP contribution in [0.4, 0.5) is 10.1 Å². The van der Waals surface area contributed by atoms with Crippen LogP contribution in [0.5, 0.6) is 0 Å². The molecule has 42 heavy (non-hydrogen) atoms. The van der Waals surface area contributed by atoms with Crippen molar-refractivity contribution in [3.63, 3.8) is 0 Å². The molecule has 0 saturated heterocycles. The standard InChI is InChI=1S/C30H34FN9O2/c1-30(2,42)28(31)16-34-29(41)23-15-33-25(27-10-9-22-11-18(13-32)14-35-40(22)27)12-24(23)36-20-5-3-19(4-6-20)26-17-39(38-37-26)21-7-8-21/h9-12,14-15,17,19-21,28,42H,3-8,16H2,1-2H3,(H,33,36)(H,34,41)/t19?,20?,28-/m1/s1. The van der Waals surface area contributed by atoms with Gasteiger partial charge in [-0.2, -0.15) is 10.4 Å². The van der Waals surface area contributed by atoms with Crippen molar-refractivity contribution >= 4 is 17.1 Å². The Kier molecular flexibility index (Phi) is 7.36. The van der Waals surface area contributed by atoms with Gasteiger partial charge in [-0.05, 0) is 76.6 Å². The van der Waals surface area contributed by atoms with Crippen LogP contribution in [0.2, 0.25) is 0 Å². The number of nitrogens with zero attached hydrogens (tertiary/aromatic N) is 7. The third-order valence-corrected chi connectivity index (χ3v) is 8.20. The Labute approximate surface area is 242 Å². The second kappa shape index (κ2) is 11.1. The van der Waals surface area contributed by atoms with Gasteiger partial charge in [-0.25, -0.2) is 13.6 Å². The van der Waals surface area contributed by atoms with Crippen molar-refractivity contribution < 1.29 is 14.3 Å². The first kappa shape index (κ1) is 27.8. The molecular weight excluding hydrogens is 537 g/mol. The second-order valence-corrected chi connectivity index (χ2v) is 11.9. The molecule has 0 radical (unpaired) electrons. The van der Waals surface area contributed by atoms with E-state index >= 15 is 0 Å². The summed E-state index contributed by atoms with van der Waals surface area (Å²) in [5.74, 6) is -0.128. The molecule has 0 spiro atoms. The van der Waals surface area contributed by atoms with Crippen molar-refractivity contribution in [2.24, 2.45) is 0 Å². The second-order valence-electron chi connectivity index (χ2n) is 11.9. The Hall–Kier alpha value is -4.37. The molecule has 4 aromatic rings. The van der Waals surface area contributed by atoms with Crippen LogP contribution in [0, 0.1) is 11.3 Å². The summed E-state index contributed by atoms with van der Waals surface area (Å²) < 4.78 is 18.1. The maximum Gasteiger partial charge on any atom is 0.255 e. The molecule has 2 aliphatic rings. The van der Waals surface area contributed by atoms with Gasteiger partial charge in [-0.1, -0.05) is 5.21 Å². The van der Waals surface area contributed by atoms with E-state index in [4.69, 9.17) is 0 Å². The minimum atomic E-state index is -1.63. The Morgan fingerprint density at radius 3 is 2.69 bits per heavy atom. The van der Waals surface area contributed by atoms with Crippen molar-refractivity contribution in [2.75, 3.05) is 11.9 Å². The summed E-state index contributed by atoms with van der Waals surface area (Å²) in [5, 5.41) is 38.5. The highest BCUT2D eigenvalue weighted by molar-refractivity contribution is 6.00. The smallest absolute Gasteiger partial charge is 0.255 e. The van der Waals surface area contributed by atoms with Crippen molar-refractivity contribution in [1.29, 1.82) is 5.26 Å². The van der Waals surface area contributed by atoms with E-state index in [9.17, 15) is 19.6 Å². The predicted octanol–water partition coefficient (Wildman–Crippen LogP) is 4.17. The highest BCUT2D eigenvalue weighted by Gasteiger charge is 2.30. The molecule has 2 saturated carbocycles. The van der Waals surface area contributed by atoms with E-state index in [2.05, 4.69) is 43.3 Å². The number of aliphatic hydroxyl groups is 1. The average Bonchev–Trinajstić information content (AvgIpc) is 3.56. The van der Waals surface area contributed by atoms with Gasteiger partial charge < -0.3 is 15.7 Å². The Bertz CT molecular complexity index is 1640. The number of carbonyl (C=O) groups is 1. The summed E-state index contributed by atoms with van der Waals surface area (Å²) in [5.41, 5.74) is 2.85. The van der Waals surface area contributed by atoms with Crippen LogP contribution < -0.4 is 10.6 Å². The molecule has 0 unspecified atom stereocenters. The highest BCUT2D eigenvalue weighted by atomic mass is 19.1. The van der Waals surface area contributed by atoms with Crippen molar-refractivity contribution in [1.82, 2.24) is 34.9 Å². The number of amides is 1. The number of alkyl halides is 1. The number of aromatic nitrogens is 6. The summed E-state index contributed by atoms with van der Waals surface area (Å²) in [6.07, 6.45) is 9.45. The SMILES string of the molecule is CC(C)(O)[C@H](F)CNC(=O)c1cnc(-c2ccc3cc(C#N)cnn23)cc1NC1CCC(c2cn(C3CC3)nn2)CC1.